The van der Waals surface area contributed by atoms with Crippen LogP contribution in [-0.2, 0) is 0 Å². The molecule has 1 aliphatic heterocycles. The topological polar surface area (TPSA) is 38.5 Å². The summed E-state index contributed by atoms with van der Waals surface area (Å²) in [5, 5.41) is 3.92. The molecule has 0 aliphatic carbocycles. The average molecular weight is 210 g/mol. The fourth-order valence-corrected chi connectivity index (χ4v) is 1.77. The maximum Gasteiger partial charge on any atom is 0.257 e. The molecule has 84 valence electrons. The number of rotatable bonds is 2. The highest BCUT2D eigenvalue weighted by Gasteiger charge is 2.20. The van der Waals surface area contributed by atoms with E-state index >= 15 is 0 Å². The highest BCUT2D eigenvalue weighted by molar-refractivity contribution is 5.25. The summed E-state index contributed by atoms with van der Waals surface area (Å²) in [4.78, 5) is 2.32. The third-order valence-corrected chi connectivity index (χ3v) is 3.06. The van der Waals surface area contributed by atoms with Crippen molar-refractivity contribution >= 4 is 0 Å². The van der Waals surface area contributed by atoms with Gasteiger partial charge in [0.1, 0.15) is 11.9 Å². The number of nitrogens with zero attached hydrogens (tertiary/aromatic N) is 2. The van der Waals surface area contributed by atoms with Gasteiger partial charge in [0.15, 0.2) is 0 Å². The van der Waals surface area contributed by atoms with E-state index in [-0.39, 0.29) is 0 Å². The highest BCUT2D eigenvalue weighted by Crippen LogP contribution is 2.23. The minimum atomic E-state index is 0.296. The summed E-state index contributed by atoms with van der Waals surface area (Å²) in [6.45, 7) is 6.08. The molecule has 1 aromatic rings. The molecule has 1 aliphatic rings. The number of aryl methyl sites for hydroxylation is 1. The molecular weight excluding hydrogens is 192 g/mol. The first kappa shape index (κ1) is 10.5. The molecule has 0 atom stereocenters. The number of hydrogen-bond acceptors (Lipinski definition) is 4. The maximum absolute atomic E-state index is 5.82. The van der Waals surface area contributed by atoms with Gasteiger partial charge in [-0.05, 0) is 38.9 Å². The van der Waals surface area contributed by atoms with E-state index in [0.29, 0.717) is 12.0 Å². The molecule has 1 saturated heterocycles. The molecule has 1 fully saturated rings. The standard InChI is InChI=1S/C11H18N2O2/c1-8-9(2)15-12-11(8)14-10-4-6-13(3)7-5-10/h10H,4-7H2,1-3H3. The molecule has 0 spiro atoms. The Kier molecular flexibility index (Phi) is 2.95. The van der Waals surface area contributed by atoms with Gasteiger partial charge in [0.2, 0.25) is 0 Å². The number of aromatic nitrogens is 1. The number of piperidine rings is 1. The first-order valence-electron chi connectivity index (χ1n) is 5.45. The van der Waals surface area contributed by atoms with Crippen molar-refractivity contribution in [3.63, 3.8) is 0 Å². The molecule has 0 N–H and O–H groups in total. The summed E-state index contributed by atoms with van der Waals surface area (Å²) in [5.74, 6) is 1.51. The predicted molar refractivity (Wildman–Crippen MR) is 57.1 cm³/mol. The van der Waals surface area contributed by atoms with Crippen molar-refractivity contribution in [2.45, 2.75) is 32.8 Å². The maximum atomic E-state index is 5.82. The Labute approximate surface area is 90.2 Å². The molecule has 4 nitrogen and oxygen atoms in total. The molecule has 0 amide bonds. The van der Waals surface area contributed by atoms with Crippen LogP contribution in [0.3, 0.4) is 0 Å². The van der Waals surface area contributed by atoms with Gasteiger partial charge in [0.25, 0.3) is 5.88 Å². The molecule has 2 rings (SSSR count). The Bertz CT molecular complexity index is 327. The van der Waals surface area contributed by atoms with E-state index in [1.54, 1.807) is 0 Å². The molecular formula is C11H18N2O2. The summed E-state index contributed by atoms with van der Waals surface area (Å²) in [5.41, 5.74) is 1.02. The van der Waals surface area contributed by atoms with Crippen LogP contribution in [0.5, 0.6) is 5.88 Å². The van der Waals surface area contributed by atoms with Gasteiger partial charge >= 0.3 is 0 Å². The van der Waals surface area contributed by atoms with E-state index in [1.165, 1.54) is 0 Å². The van der Waals surface area contributed by atoms with Crippen molar-refractivity contribution in [3.8, 4) is 5.88 Å². The lowest BCUT2D eigenvalue weighted by molar-refractivity contribution is 0.105. The zero-order valence-electron chi connectivity index (χ0n) is 9.62. The molecule has 0 radical (unpaired) electrons. The van der Waals surface area contributed by atoms with Crippen LogP contribution >= 0.6 is 0 Å². The molecule has 2 heterocycles. The zero-order valence-corrected chi connectivity index (χ0v) is 9.62. The van der Waals surface area contributed by atoms with Crippen LogP contribution in [0.4, 0.5) is 0 Å². The summed E-state index contributed by atoms with van der Waals surface area (Å²) >= 11 is 0. The largest absolute Gasteiger partial charge is 0.472 e. The van der Waals surface area contributed by atoms with E-state index in [2.05, 4.69) is 17.1 Å². The second kappa shape index (κ2) is 4.23. The predicted octanol–water partition coefficient (Wildman–Crippen LogP) is 1.76. The van der Waals surface area contributed by atoms with Crippen LogP contribution in [0.2, 0.25) is 0 Å². The lowest BCUT2D eigenvalue weighted by Gasteiger charge is -2.28. The minimum absolute atomic E-state index is 0.296. The average Bonchev–Trinajstić information content (AvgIpc) is 2.53. The minimum Gasteiger partial charge on any atom is -0.472 e. The van der Waals surface area contributed by atoms with Crippen molar-refractivity contribution in [1.29, 1.82) is 0 Å². The molecule has 4 heteroatoms. The number of ether oxygens (including phenoxy) is 1. The van der Waals surface area contributed by atoms with E-state index in [0.717, 1.165) is 37.3 Å². The molecule has 0 saturated carbocycles. The van der Waals surface area contributed by atoms with Gasteiger partial charge in [-0.3, -0.25) is 0 Å². The summed E-state index contributed by atoms with van der Waals surface area (Å²) in [7, 11) is 2.14. The van der Waals surface area contributed by atoms with Gasteiger partial charge < -0.3 is 14.2 Å². The Morgan fingerprint density at radius 2 is 2.00 bits per heavy atom. The summed E-state index contributed by atoms with van der Waals surface area (Å²) < 4.78 is 10.9. The van der Waals surface area contributed by atoms with Crippen LogP contribution in [-0.4, -0.2) is 36.3 Å². The SMILES string of the molecule is Cc1onc(OC2CCN(C)CC2)c1C. The van der Waals surface area contributed by atoms with Crippen molar-refractivity contribution in [1.82, 2.24) is 10.1 Å². The van der Waals surface area contributed by atoms with E-state index < -0.39 is 0 Å². The van der Waals surface area contributed by atoms with Gasteiger partial charge in [0.05, 0.1) is 5.56 Å². The van der Waals surface area contributed by atoms with Gasteiger partial charge in [-0.1, -0.05) is 0 Å². The lowest BCUT2D eigenvalue weighted by atomic mass is 10.1. The van der Waals surface area contributed by atoms with Gasteiger partial charge in [-0.25, -0.2) is 0 Å². The Hall–Kier alpha value is -1.03. The van der Waals surface area contributed by atoms with Crippen LogP contribution in [0.1, 0.15) is 24.2 Å². The fourth-order valence-electron chi connectivity index (χ4n) is 1.77. The van der Waals surface area contributed by atoms with Crippen LogP contribution in [0, 0.1) is 13.8 Å². The van der Waals surface area contributed by atoms with Crippen LogP contribution in [0.25, 0.3) is 0 Å². The normalized spacial score (nSPS) is 19.4. The third kappa shape index (κ3) is 2.31. The summed E-state index contributed by atoms with van der Waals surface area (Å²) in [6, 6.07) is 0. The summed E-state index contributed by atoms with van der Waals surface area (Å²) in [6.07, 6.45) is 2.44. The lowest BCUT2D eigenvalue weighted by Crippen LogP contribution is -2.35. The Morgan fingerprint density at radius 1 is 1.33 bits per heavy atom. The molecule has 0 aromatic carbocycles. The first-order chi connectivity index (χ1) is 7.16. The van der Waals surface area contributed by atoms with Gasteiger partial charge in [-0.2, -0.15) is 0 Å². The first-order valence-corrected chi connectivity index (χ1v) is 5.45. The van der Waals surface area contributed by atoms with Crippen LogP contribution in [0.15, 0.2) is 4.52 Å². The van der Waals surface area contributed by atoms with Crippen molar-refractivity contribution in [2.75, 3.05) is 20.1 Å². The van der Waals surface area contributed by atoms with Gasteiger partial charge in [0, 0.05) is 13.1 Å². The quantitative estimate of drug-likeness (QED) is 0.745. The highest BCUT2D eigenvalue weighted by atomic mass is 16.5. The fraction of sp³-hybridized carbons (Fsp3) is 0.727. The molecule has 1 aromatic heterocycles. The second-order valence-corrected chi connectivity index (χ2v) is 4.29. The molecule has 15 heavy (non-hydrogen) atoms. The number of hydrogen-bond donors (Lipinski definition) is 0. The van der Waals surface area contributed by atoms with E-state index in [4.69, 9.17) is 9.26 Å². The van der Waals surface area contributed by atoms with Crippen molar-refractivity contribution in [2.24, 2.45) is 0 Å². The smallest absolute Gasteiger partial charge is 0.257 e. The Morgan fingerprint density at radius 3 is 2.53 bits per heavy atom. The number of likely N-dealkylation sites (tertiary alicyclic amines) is 1. The van der Waals surface area contributed by atoms with E-state index in [9.17, 15) is 0 Å². The molecule has 0 bridgehead atoms. The van der Waals surface area contributed by atoms with E-state index in [1.807, 2.05) is 13.8 Å². The Balaban J connectivity index is 1.94. The monoisotopic (exact) mass is 210 g/mol. The van der Waals surface area contributed by atoms with Crippen LogP contribution < -0.4 is 4.74 Å². The van der Waals surface area contributed by atoms with Crippen molar-refractivity contribution in [3.05, 3.63) is 11.3 Å². The second-order valence-electron chi connectivity index (χ2n) is 4.29. The van der Waals surface area contributed by atoms with Gasteiger partial charge in [-0.15, -0.1) is 0 Å². The third-order valence-electron chi connectivity index (χ3n) is 3.06. The molecule has 0 unspecified atom stereocenters. The zero-order chi connectivity index (χ0) is 10.8. The van der Waals surface area contributed by atoms with Crippen molar-refractivity contribution < 1.29 is 9.26 Å².